The molecule has 0 bridgehead atoms. The summed E-state index contributed by atoms with van der Waals surface area (Å²) in [6, 6.07) is 15.1. The van der Waals surface area contributed by atoms with Crippen LogP contribution in [-0.4, -0.2) is 14.7 Å². The second-order valence-electron chi connectivity index (χ2n) is 7.22. The van der Waals surface area contributed by atoms with Crippen LogP contribution >= 0.6 is 11.6 Å². The molecular weight excluding hydrogens is 372 g/mol. The minimum Gasteiger partial charge on any atom is -0.493 e. The summed E-state index contributed by atoms with van der Waals surface area (Å²) in [4.78, 5) is 4.33. The van der Waals surface area contributed by atoms with Crippen LogP contribution in [0.5, 0.6) is 5.88 Å². The third kappa shape index (κ3) is 3.45. The summed E-state index contributed by atoms with van der Waals surface area (Å²) in [5.41, 5.74) is 2.88. The monoisotopic (exact) mass is 392 g/mol. The van der Waals surface area contributed by atoms with Crippen LogP contribution in [-0.2, 0) is 6.54 Å². The van der Waals surface area contributed by atoms with Crippen LogP contribution in [0, 0.1) is 5.92 Å². The normalized spacial score (nSPS) is 12.0. The van der Waals surface area contributed by atoms with E-state index >= 15 is 0 Å². The number of aromatic nitrogens is 2. The van der Waals surface area contributed by atoms with E-state index in [0.717, 1.165) is 34.8 Å². The van der Waals surface area contributed by atoms with Gasteiger partial charge < -0.3 is 9.67 Å². The number of hydrogen-bond acceptors (Lipinski definition) is 4. The molecule has 0 aliphatic carbocycles. The average molecular weight is 393 g/mol. The lowest BCUT2D eigenvalue weighted by Crippen LogP contribution is -2.00. The van der Waals surface area contributed by atoms with Gasteiger partial charge in [0.2, 0.25) is 5.88 Å². The lowest BCUT2D eigenvalue weighted by atomic mass is 10.1. The molecule has 5 nitrogen and oxygen atoms in total. The highest BCUT2D eigenvalue weighted by atomic mass is 35.5. The van der Waals surface area contributed by atoms with Gasteiger partial charge in [-0.15, -0.1) is 10.2 Å². The number of hydrogen-bond donors (Lipinski definition) is 1. The zero-order chi connectivity index (χ0) is 19.7. The van der Waals surface area contributed by atoms with Gasteiger partial charge in [-0.3, -0.25) is 4.98 Å². The molecule has 0 aliphatic heterocycles. The molecule has 4 aromatic rings. The van der Waals surface area contributed by atoms with Gasteiger partial charge in [-0.2, -0.15) is 0 Å². The number of rotatable bonds is 5. The van der Waals surface area contributed by atoms with Crippen molar-refractivity contribution >= 4 is 44.8 Å². The van der Waals surface area contributed by atoms with E-state index in [4.69, 9.17) is 11.6 Å². The van der Waals surface area contributed by atoms with Gasteiger partial charge in [0.15, 0.2) is 5.69 Å². The quantitative estimate of drug-likeness (QED) is 0.371. The van der Waals surface area contributed by atoms with Crippen molar-refractivity contribution in [2.24, 2.45) is 16.1 Å². The molecule has 0 radical (unpaired) electrons. The number of halogens is 1. The topological polar surface area (TPSA) is 62.8 Å². The molecule has 142 valence electrons. The van der Waals surface area contributed by atoms with Gasteiger partial charge in [0.1, 0.15) is 0 Å². The fraction of sp³-hybridized carbons (Fsp3) is 0.227. The maximum Gasteiger partial charge on any atom is 0.220 e. The summed E-state index contributed by atoms with van der Waals surface area (Å²) in [6.45, 7) is 5.07. The van der Waals surface area contributed by atoms with Crippen molar-refractivity contribution in [2.75, 3.05) is 0 Å². The number of pyridine rings is 1. The lowest BCUT2D eigenvalue weighted by molar-refractivity contribution is 0.407. The molecule has 0 amide bonds. The second kappa shape index (κ2) is 7.60. The first-order valence-corrected chi connectivity index (χ1v) is 9.68. The fourth-order valence-electron chi connectivity index (χ4n) is 3.28. The number of benzene rings is 2. The Labute approximate surface area is 168 Å². The molecule has 4 rings (SSSR count). The Bertz CT molecular complexity index is 1180. The highest BCUT2D eigenvalue weighted by Gasteiger charge is 2.16. The maximum atomic E-state index is 10.8. The highest BCUT2D eigenvalue weighted by molar-refractivity contribution is 6.31. The fourth-order valence-corrected chi connectivity index (χ4v) is 3.45. The molecular formula is C22H21ClN4O. The summed E-state index contributed by atoms with van der Waals surface area (Å²) < 4.78 is 1.91. The Kier molecular flexibility index (Phi) is 5.01. The third-order valence-electron chi connectivity index (χ3n) is 4.79. The van der Waals surface area contributed by atoms with Crippen LogP contribution < -0.4 is 0 Å². The average Bonchev–Trinajstić information content (AvgIpc) is 2.95. The molecule has 2 heterocycles. The smallest absolute Gasteiger partial charge is 0.220 e. The number of para-hydroxylation sites is 1. The first kappa shape index (κ1) is 18.4. The summed E-state index contributed by atoms with van der Waals surface area (Å²) >= 11 is 6.05. The predicted octanol–water partition coefficient (Wildman–Crippen LogP) is 7.01. The third-order valence-corrected chi connectivity index (χ3v) is 5.02. The van der Waals surface area contributed by atoms with Crippen LogP contribution in [0.4, 0.5) is 11.4 Å². The molecule has 0 spiro atoms. The van der Waals surface area contributed by atoms with E-state index in [-0.39, 0.29) is 5.88 Å². The predicted molar refractivity (Wildman–Crippen MR) is 114 cm³/mol. The van der Waals surface area contributed by atoms with E-state index in [1.807, 2.05) is 34.9 Å². The number of fused-ring (bicyclic) bond motifs is 2. The lowest BCUT2D eigenvalue weighted by Gasteiger charge is -2.08. The van der Waals surface area contributed by atoms with Crippen molar-refractivity contribution in [3.05, 3.63) is 59.8 Å². The van der Waals surface area contributed by atoms with E-state index in [9.17, 15) is 5.11 Å². The van der Waals surface area contributed by atoms with E-state index < -0.39 is 0 Å². The van der Waals surface area contributed by atoms with Gasteiger partial charge in [0.05, 0.1) is 16.7 Å². The standard InChI is InChI=1S/C22H21ClN4O/c1-14(2)10-12-27-20-6-4-3-5-17(20)21(22(27)28)26-25-18-9-11-24-19-13-15(23)7-8-16(18)19/h3-9,11,13-14,28H,10,12H2,1-2H3. The number of aryl methyl sites for hydroxylation is 1. The molecule has 28 heavy (non-hydrogen) atoms. The van der Waals surface area contributed by atoms with Crippen LogP contribution in [0.1, 0.15) is 20.3 Å². The van der Waals surface area contributed by atoms with Crippen LogP contribution in [0.3, 0.4) is 0 Å². The molecule has 0 unspecified atom stereocenters. The van der Waals surface area contributed by atoms with Crippen molar-refractivity contribution in [1.29, 1.82) is 0 Å². The minimum atomic E-state index is 0.145. The van der Waals surface area contributed by atoms with Crippen molar-refractivity contribution in [3.8, 4) is 5.88 Å². The van der Waals surface area contributed by atoms with E-state index in [2.05, 4.69) is 29.1 Å². The van der Waals surface area contributed by atoms with E-state index in [1.165, 1.54) is 0 Å². The van der Waals surface area contributed by atoms with Crippen LogP contribution in [0.2, 0.25) is 5.02 Å². The molecule has 0 aliphatic rings. The first-order valence-electron chi connectivity index (χ1n) is 9.31. The molecule has 0 fully saturated rings. The zero-order valence-corrected chi connectivity index (χ0v) is 16.6. The van der Waals surface area contributed by atoms with Gasteiger partial charge in [-0.1, -0.05) is 43.6 Å². The summed E-state index contributed by atoms with van der Waals surface area (Å²) in [6.07, 6.45) is 2.65. The molecule has 0 saturated heterocycles. The Morgan fingerprint density at radius 1 is 1.07 bits per heavy atom. The van der Waals surface area contributed by atoms with Crippen molar-refractivity contribution < 1.29 is 5.11 Å². The highest BCUT2D eigenvalue weighted by Crippen LogP contribution is 2.40. The summed E-state index contributed by atoms with van der Waals surface area (Å²) in [7, 11) is 0. The summed E-state index contributed by atoms with van der Waals surface area (Å²) in [5, 5.41) is 22.0. The van der Waals surface area contributed by atoms with Gasteiger partial charge in [0, 0.05) is 28.5 Å². The SMILES string of the molecule is CC(C)CCn1c(O)c(N=Nc2ccnc3cc(Cl)ccc23)c2ccccc21. The molecule has 0 atom stereocenters. The molecule has 6 heteroatoms. The largest absolute Gasteiger partial charge is 0.493 e. The van der Waals surface area contributed by atoms with E-state index in [0.29, 0.717) is 22.3 Å². The zero-order valence-electron chi connectivity index (χ0n) is 15.8. The Morgan fingerprint density at radius 3 is 2.71 bits per heavy atom. The number of azo groups is 1. The minimum absolute atomic E-state index is 0.145. The van der Waals surface area contributed by atoms with Gasteiger partial charge in [-0.05, 0) is 42.7 Å². The number of aromatic hydroxyl groups is 1. The Hall–Kier alpha value is -2.92. The number of nitrogens with zero attached hydrogens (tertiary/aromatic N) is 4. The Balaban J connectivity index is 1.79. The Morgan fingerprint density at radius 2 is 1.89 bits per heavy atom. The maximum absolute atomic E-state index is 10.8. The molecule has 2 aromatic heterocycles. The van der Waals surface area contributed by atoms with Crippen molar-refractivity contribution in [3.63, 3.8) is 0 Å². The van der Waals surface area contributed by atoms with Crippen LogP contribution in [0.25, 0.3) is 21.8 Å². The van der Waals surface area contributed by atoms with E-state index in [1.54, 1.807) is 24.4 Å². The first-order chi connectivity index (χ1) is 13.5. The van der Waals surface area contributed by atoms with Crippen molar-refractivity contribution in [2.45, 2.75) is 26.8 Å². The van der Waals surface area contributed by atoms with Gasteiger partial charge in [-0.25, -0.2) is 0 Å². The van der Waals surface area contributed by atoms with Crippen molar-refractivity contribution in [1.82, 2.24) is 9.55 Å². The van der Waals surface area contributed by atoms with Gasteiger partial charge >= 0.3 is 0 Å². The molecule has 1 N–H and O–H groups in total. The molecule has 2 aromatic carbocycles. The second-order valence-corrected chi connectivity index (χ2v) is 7.65. The molecule has 0 saturated carbocycles. The van der Waals surface area contributed by atoms with Gasteiger partial charge in [0.25, 0.3) is 0 Å². The van der Waals surface area contributed by atoms with Crippen LogP contribution in [0.15, 0.2) is 65.0 Å². The summed E-state index contributed by atoms with van der Waals surface area (Å²) in [5.74, 6) is 0.688.